The normalized spacial score (nSPS) is 53.9. The molecule has 4 unspecified atom stereocenters. The summed E-state index contributed by atoms with van der Waals surface area (Å²) >= 11 is 0. The third-order valence-electron chi connectivity index (χ3n) is 4.07. The molecule has 3 heteroatoms. The van der Waals surface area contributed by atoms with Crippen molar-refractivity contribution in [3.8, 4) is 0 Å². The van der Waals surface area contributed by atoms with Gasteiger partial charge in [0.1, 0.15) is 0 Å². The first kappa shape index (κ1) is 8.21. The SMILES string of the molecule is CC12C=CC(C)(C1)C1C(=O)OC(=O)C12. The second-order valence-corrected chi connectivity index (χ2v) is 5.22. The van der Waals surface area contributed by atoms with Crippen LogP contribution in [-0.2, 0) is 14.3 Å². The fourth-order valence-corrected chi connectivity index (χ4v) is 3.54. The Morgan fingerprint density at radius 3 is 2.00 bits per heavy atom. The Morgan fingerprint density at radius 2 is 1.57 bits per heavy atom. The molecule has 0 spiro atoms. The maximum atomic E-state index is 11.5. The van der Waals surface area contributed by atoms with Crippen LogP contribution >= 0.6 is 0 Å². The van der Waals surface area contributed by atoms with Crippen LogP contribution in [-0.4, -0.2) is 11.9 Å². The Balaban J connectivity index is 2.18. The summed E-state index contributed by atoms with van der Waals surface area (Å²) in [5.74, 6) is -1.11. The highest BCUT2D eigenvalue weighted by Crippen LogP contribution is 2.65. The second-order valence-electron chi connectivity index (χ2n) is 5.22. The van der Waals surface area contributed by atoms with E-state index in [9.17, 15) is 9.59 Å². The molecule has 0 aromatic heterocycles. The number of rotatable bonds is 0. The van der Waals surface area contributed by atoms with Gasteiger partial charge < -0.3 is 4.74 Å². The first-order chi connectivity index (χ1) is 6.46. The number of fused-ring (bicyclic) bond motifs is 5. The molecule has 0 radical (unpaired) electrons. The van der Waals surface area contributed by atoms with E-state index in [0.29, 0.717) is 0 Å². The fraction of sp³-hybridized carbons (Fsp3) is 0.636. The van der Waals surface area contributed by atoms with Crippen molar-refractivity contribution in [2.45, 2.75) is 20.3 Å². The number of carbonyl (C=O) groups is 2. The van der Waals surface area contributed by atoms with Crippen LogP contribution in [0.2, 0.25) is 0 Å². The van der Waals surface area contributed by atoms with Crippen LogP contribution in [0.1, 0.15) is 20.3 Å². The lowest BCUT2D eigenvalue weighted by molar-refractivity contribution is -0.155. The fourth-order valence-electron chi connectivity index (χ4n) is 3.54. The molecule has 3 aliphatic rings. The topological polar surface area (TPSA) is 43.4 Å². The van der Waals surface area contributed by atoms with Crippen molar-refractivity contribution in [2.75, 3.05) is 0 Å². The number of carbonyl (C=O) groups excluding carboxylic acids is 2. The predicted octanol–water partition coefficient (Wildman–Crippen LogP) is 1.29. The lowest BCUT2D eigenvalue weighted by Gasteiger charge is -2.25. The molecule has 0 N–H and O–H groups in total. The van der Waals surface area contributed by atoms with Gasteiger partial charge in [0.15, 0.2) is 0 Å². The number of allylic oxidation sites excluding steroid dienone is 2. The monoisotopic (exact) mass is 192 g/mol. The third-order valence-corrected chi connectivity index (χ3v) is 4.07. The first-order valence-corrected chi connectivity index (χ1v) is 4.92. The van der Waals surface area contributed by atoms with Gasteiger partial charge in [-0.05, 0) is 6.42 Å². The molecule has 74 valence electrons. The van der Waals surface area contributed by atoms with E-state index in [1.165, 1.54) is 0 Å². The molecule has 3 nitrogen and oxygen atoms in total. The van der Waals surface area contributed by atoms with Gasteiger partial charge in [-0.2, -0.15) is 0 Å². The molecule has 2 bridgehead atoms. The minimum Gasteiger partial charge on any atom is -0.393 e. The number of esters is 2. The Kier molecular flexibility index (Phi) is 1.14. The summed E-state index contributed by atoms with van der Waals surface area (Å²) in [6.45, 7) is 4.08. The highest BCUT2D eigenvalue weighted by molar-refractivity contribution is 5.99. The van der Waals surface area contributed by atoms with Gasteiger partial charge in [-0.15, -0.1) is 0 Å². The zero-order chi connectivity index (χ0) is 10.1. The van der Waals surface area contributed by atoms with Crippen LogP contribution in [0.3, 0.4) is 0 Å². The van der Waals surface area contributed by atoms with Crippen LogP contribution in [0, 0.1) is 22.7 Å². The third kappa shape index (κ3) is 0.668. The van der Waals surface area contributed by atoms with Gasteiger partial charge in [0.2, 0.25) is 0 Å². The zero-order valence-corrected chi connectivity index (χ0v) is 8.24. The summed E-state index contributed by atoms with van der Waals surface area (Å²) < 4.78 is 4.72. The maximum Gasteiger partial charge on any atom is 0.318 e. The van der Waals surface area contributed by atoms with Gasteiger partial charge in [0.05, 0.1) is 11.8 Å². The van der Waals surface area contributed by atoms with E-state index in [1.54, 1.807) is 0 Å². The summed E-state index contributed by atoms with van der Waals surface area (Å²) in [6, 6.07) is 0. The highest BCUT2D eigenvalue weighted by atomic mass is 16.6. The summed E-state index contributed by atoms with van der Waals surface area (Å²) in [5, 5.41) is 0. The Bertz CT molecular complexity index is 350. The Morgan fingerprint density at radius 1 is 1.14 bits per heavy atom. The summed E-state index contributed by atoms with van der Waals surface area (Å²) in [7, 11) is 0. The van der Waals surface area contributed by atoms with Crippen molar-refractivity contribution >= 4 is 11.9 Å². The number of cyclic esters (lactones) is 2. The largest absolute Gasteiger partial charge is 0.393 e. The second kappa shape index (κ2) is 1.95. The van der Waals surface area contributed by atoms with E-state index < -0.39 is 0 Å². The molecule has 4 atom stereocenters. The van der Waals surface area contributed by atoms with Crippen molar-refractivity contribution in [1.82, 2.24) is 0 Å². The standard InChI is InChI=1S/C11H12O3/c1-10-3-4-11(2,5-10)7-6(10)8(12)14-9(7)13/h3-4,6-7H,5H2,1-2H3. The summed E-state index contributed by atoms with van der Waals surface area (Å²) in [4.78, 5) is 23.1. The molecule has 1 saturated carbocycles. The van der Waals surface area contributed by atoms with Gasteiger partial charge in [-0.3, -0.25) is 9.59 Å². The van der Waals surface area contributed by atoms with Crippen LogP contribution in [0.15, 0.2) is 12.2 Å². The molecular formula is C11H12O3. The molecule has 0 aromatic rings. The quantitative estimate of drug-likeness (QED) is 0.330. The van der Waals surface area contributed by atoms with Crippen molar-refractivity contribution in [1.29, 1.82) is 0 Å². The molecule has 0 amide bonds. The predicted molar refractivity (Wildman–Crippen MR) is 48.1 cm³/mol. The Labute approximate surface area is 82.1 Å². The van der Waals surface area contributed by atoms with Gasteiger partial charge in [0.25, 0.3) is 0 Å². The average molecular weight is 192 g/mol. The molecule has 2 aliphatic carbocycles. The Hall–Kier alpha value is -1.12. The molecular weight excluding hydrogens is 180 g/mol. The minimum absolute atomic E-state index is 0.150. The van der Waals surface area contributed by atoms with Crippen LogP contribution in [0.25, 0.3) is 0 Å². The smallest absolute Gasteiger partial charge is 0.318 e. The minimum atomic E-state index is -0.324. The van der Waals surface area contributed by atoms with E-state index in [4.69, 9.17) is 4.74 Å². The van der Waals surface area contributed by atoms with E-state index >= 15 is 0 Å². The number of hydrogen-bond donors (Lipinski definition) is 0. The average Bonchev–Trinajstić information content (AvgIpc) is 2.60. The lowest BCUT2D eigenvalue weighted by Crippen LogP contribution is -2.31. The van der Waals surface area contributed by atoms with E-state index in [2.05, 4.69) is 12.2 Å². The summed E-state index contributed by atoms with van der Waals surface area (Å²) in [5.41, 5.74) is -0.300. The van der Waals surface area contributed by atoms with Crippen molar-refractivity contribution in [3.05, 3.63) is 12.2 Å². The van der Waals surface area contributed by atoms with Crippen molar-refractivity contribution in [3.63, 3.8) is 0 Å². The molecule has 14 heavy (non-hydrogen) atoms. The van der Waals surface area contributed by atoms with E-state index in [0.717, 1.165) is 6.42 Å². The van der Waals surface area contributed by atoms with Gasteiger partial charge in [-0.25, -0.2) is 0 Å². The molecule has 3 rings (SSSR count). The van der Waals surface area contributed by atoms with E-state index in [1.807, 2.05) is 13.8 Å². The molecule has 1 saturated heterocycles. The summed E-state index contributed by atoms with van der Waals surface area (Å²) in [6.07, 6.45) is 5.05. The van der Waals surface area contributed by atoms with Gasteiger partial charge in [-0.1, -0.05) is 26.0 Å². The molecule has 1 heterocycles. The number of ether oxygens (including phenoxy) is 1. The molecule has 1 aliphatic heterocycles. The van der Waals surface area contributed by atoms with Crippen LogP contribution < -0.4 is 0 Å². The van der Waals surface area contributed by atoms with Crippen molar-refractivity contribution in [2.24, 2.45) is 22.7 Å². The lowest BCUT2D eigenvalue weighted by atomic mass is 9.73. The van der Waals surface area contributed by atoms with Gasteiger partial charge in [0, 0.05) is 10.8 Å². The molecule has 0 aromatic carbocycles. The molecule has 2 fully saturated rings. The van der Waals surface area contributed by atoms with E-state index in [-0.39, 0.29) is 34.6 Å². The highest BCUT2D eigenvalue weighted by Gasteiger charge is 2.68. The first-order valence-electron chi connectivity index (χ1n) is 4.92. The van der Waals surface area contributed by atoms with Crippen LogP contribution in [0.4, 0.5) is 0 Å². The zero-order valence-electron chi connectivity index (χ0n) is 8.24. The maximum absolute atomic E-state index is 11.5. The van der Waals surface area contributed by atoms with Gasteiger partial charge >= 0.3 is 11.9 Å². The van der Waals surface area contributed by atoms with Crippen molar-refractivity contribution < 1.29 is 14.3 Å². The number of hydrogen-bond acceptors (Lipinski definition) is 3. The van der Waals surface area contributed by atoms with Crippen LogP contribution in [0.5, 0.6) is 0 Å².